The topological polar surface area (TPSA) is 75.5 Å². The lowest BCUT2D eigenvalue weighted by Crippen LogP contribution is -2.32. The number of benzene rings is 2. The van der Waals surface area contributed by atoms with E-state index in [1.54, 1.807) is 11.0 Å². The number of rotatable bonds is 4. The highest BCUT2D eigenvalue weighted by molar-refractivity contribution is 6.00. The molecule has 1 atom stereocenters. The van der Waals surface area contributed by atoms with E-state index in [-0.39, 0.29) is 17.6 Å². The Hall–Kier alpha value is -2.89. The Labute approximate surface area is 146 Å². The van der Waals surface area contributed by atoms with E-state index in [0.717, 1.165) is 24.8 Å². The lowest BCUT2D eigenvalue weighted by molar-refractivity contribution is -0.384. The minimum atomic E-state index is -0.480. The van der Waals surface area contributed by atoms with Gasteiger partial charge in [0.2, 0.25) is 0 Å². The minimum absolute atomic E-state index is 0.0632. The molecule has 2 aromatic rings. The zero-order valence-corrected chi connectivity index (χ0v) is 14.4. The van der Waals surface area contributed by atoms with Crippen molar-refractivity contribution in [1.82, 2.24) is 5.32 Å². The minimum Gasteiger partial charge on any atom is -0.377 e. The molecule has 3 rings (SSSR count). The van der Waals surface area contributed by atoms with Gasteiger partial charge < -0.3 is 10.2 Å². The second kappa shape index (κ2) is 6.93. The Balaban J connectivity index is 1.91. The van der Waals surface area contributed by atoms with E-state index >= 15 is 0 Å². The van der Waals surface area contributed by atoms with Gasteiger partial charge in [-0.1, -0.05) is 24.3 Å². The van der Waals surface area contributed by atoms with Crippen molar-refractivity contribution in [2.75, 3.05) is 19.0 Å². The number of hydrogen-bond donors (Lipinski definition) is 1. The number of nitro groups is 1. The molecule has 0 saturated carbocycles. The highest BCUT2D eigenvalue weighted by Gasteiger charge is 2.24. The molecule has 130 valence electrons. The van der Waals surface area contributed by atoms with Crippen molar-refractivity contribution < 1.29 is 9.72 Å². The Morgan fingerprint density at radius 3 is 2.72 bits per heavy atom. The van der Waals surface area contributed by atoms with Crippen molar-refractivity contribution in [3.8, 4) is 0 Å². The molecule has 6 nitrogen and oxygen atoms in total. The Morgan fingerprint density at radius 2 is 2.00 bits per heavy atom. The summed E-state index contributed by atoms with van der Waals surface area (Å²) in [5.74, 6) is -0.283. The number of anilines is 1. The number of aryl methyl sites for hydroxylation is 1. The molecule has 0 fully saturated rings. The third-order valence-electron chi connectivity index (χ3n) is 4.59. The van der Waals surface area contributed by atoms with Crippen LogP contribution in [0.2, 0.25) is 0 Å². The quantitative estimate of drug-likeness (QED) is 0.683. The summed E-state index contributed by atoms with van der Waals surface area (Å²) in [6.45, 7) is 0. The Bertz CT molecular complexity index is 817. The maximum Gasteiger partial charge on any atom is 0.270 e. The molecule has 2 aromatic carbocycles. The third-order valence-corrected chi connectivity index (χ3v) is 4.59. The van der Waals surface area contributed by atoms with Crippen LogP contribution in [-0.4, -0.2) is 24.9 Å². The van der Waals surface area contributed by atoms with Gasteiger partial charge in [-0.15, -0.1) is 0 Å². The predicted octanol–water partition coefficient (Wildman–Crippen LogP) is 3.47. The number of amides is 1. The van der Waals surface area contributed by atoms with Crippen LogP contribution >= 0.6 is 0 Å². The van der Waals surface area contributed by atoms with Gasteiger partial charge in [0, 0.05) is 31.9 Å². The van der Waals surface area contributed by atoms with Gasteiger partial charge in [-0.05, 0) is 36.5 Å². The molecule has 0 bridgehead atoms. The predicted molar refractivity (Wildman–Crippen MR) is 97.0 cm³/mol. The second-order valence-electron chi connectivity index (χ2n) is 6.47. The van der Waals surface area contributed by atoms with E-state index in [2.05, 4.69) is 11.4 Å². The van der Waals surface area contributed by atoms with Crippen LogP contribution < -0.4 is 10.2 Å². The summed E-state index contributed by atoms with van der Waals surface area (Å²) in [7, 11) is 3.63. The smallest absolute Gasteiger partial charge is 0.270 e. The normalized spacial score (nSPS) is 16.0. The first-order valence-electron chi connectivity index (χ1n) is 8.32. The van der Waals surface area contributed by atoms with Crippen LogP contribution in [-0.2, 0) is 6.42 Å². The fourth-order valence-electron chi connectivity index (χ4n) is 3.35. The number of fused-ring (bicyclic) bond motifs is 1. The molecule has 0 spiro atoms. The average molecular weight is 339 g/mol. The maximum atomic E-state index is 12.9. The van der Waals surface area contributed by atoms with Crippen LogP contribution in [0.1, 0.15) is 40.4 Å². The number of nitrogens with zero attached hydrogens (tertiary/aromatic N) is 2. The zero-order chi connectivity index (χ0) is 18.0. The number of nitrogens with one attached hydrogen (secondary N) is 1. The molecule has 1 amide bonds. The highest BCUT2D eigenvalue weighted by Crippen LogP contribution is 2.31. The molecule has 25 heavy (non-hydrogen) atoms. The van der Waals surface area contributed by atoms with Gasteiger partial charge in [0.1, 0.15) is 0 Å². The van der Waals surface area contributed by atoms with Crippen LogP contribution in [0.15, 0.2) is 42.5 Å². The van der Waals surface area contributed by atoms with E-state index in [0.29, 0.717) is 11.3 Å². The summed E-state index contributed by atoms with van der Waals surface area (Å²) < 4.78 is 0. The molecule has 1 N–H and O–H groups in total. The Kier molecular flexibility index (Phi) is 4.70. The first-order valence-corrected chi connectivity index (χ1v) is 8.32. The zero-order valence-electron chi connectivity index (χ0n) is 14.4. The van der Waals surface area contributed by atoms with Crippen molar-refractivity contribution in [3.63, 3.8) is 0 Å². The number of hydrogen-bond acceptors (Lipinski definition) is 4. The average Bonchev–Trinajstić information content (AvgIpc) is 2.61. The van der Waals surface area contributed by atoms with Crippen LogP contribution in [0.25, 0.3) is 0 Å². The molecule has 1 aliphatic carbocycles. The standard InChI is InChI=1S/C19H21N3O3/c1-21(2)18-11-10-14(22(24)25)12-16(18)19(23)20-17-9-5-7-13-6-3-4-8-15(13)17/h3-4,6,8,10-12,17H,5,7,9H2,1-2H3,(H,20,23). The van der Waals surface area contributed by atoms with E-state index < -0.39 is 4.92 Å². The van der Waals surface area contributed by atoms with Gasteiger partial charge in [0.05, 0.1) is 16.5 Å². The van der Waals surface area contributed by atoms with E-state index in [4.69, 9.17) is 0 Å². The fraction of sp³-hybridized carbons (Fsp3) is 0.316. The number of carbonyl (C=O) groups is 1. The molecule has 1 unspecified atom stereocenters. The number of nitro benzene ring substituents is 1. The summed E-state index contributed by atoms with van der Waals surface area (Å²) in [5, 5.41) is 14.1. The van der Waals surface area contributed by atoms with Gasteiger partial charge in [0.15, 0.2) is 0 Å². The van der Waals surface area contributed by atoms with Crippen molar-refractivity contribution in [1.29, 1.82) is 0 Å². The van der Waals surface area contributed by atoms with Gasteiger partial charge in [-0.3, -0.25) is 14.9 Å². The Morgan fingerprint density at radius 1 is 1.24 bits per heavy atom. The van der Waals surface area contributed by atoms with Gasteiger partial charge in [-0.25, -0.2) is 0 Å². The maximum absolute atomic E-state index is 12.9. The van der Waals surface area contributed by atoms with Gasteiger partial charge >= 0.3 is 0 Å². The number of carbonyl (C=O) groups excluding carboxylic acids is 1. The molecule has 0 aliphatic heterocycles. The molecular formula is C19H21N3O3. The van der Waals surface area contributed by atoms with Crippen molar-refractivity contribution >= 4 is 17.3 Å². The van der Waals surface area contributed by atoms with Crippen LogP contribution in [0.3, 0.4) is 0 Å². The van der Waals surface area contributed by atoms with E-state index in [1.165, 1.54) is 17.7 Å². The first-order chi connectivity index (χ1) is 12.0. The van der Waals surface area contributed by atoms with Gasteiger partial charge in [-0.2, -0.15) is 0 Å². The van der Waals surface area contributed by atoms with Crippen LogP contribution in [0.5, 0.6) is 0 Å². The van der Waals surface area contributed by atoms with Crippen LogP contribution in [0.4, 0.5) is 11.4 Å². The summed E-state index contributed by atoms with van der Waals surface area (Å²) in [4.78, 5) is 25.2. The summed E-state index contributed by atoms with van der Waals surface area (Å²) in [6.07, 6.45) is 2.90. The largest absolute Gasteiger partial charge is 0.377 e. The SMILES string of the molecule is CN(C)c1ccc([N+](=O)[O-])cc1C(=O)NC1CCCc2ccccc21. The van der Waals surface area contributed by atoms with Gasteiger partial charge in [0.25, 0.3) is 11.6 Å². The molecular weight excluding hydrogens is 318 g/mol. The van der Waals surface area contributed by atoms with E-state index in [9.17, 15) is 14.9 Å². The summed E-state index contributed by atoms with van der Waals surface area (Å²) in [6, 6.07) is 12.4. The molecule has 6 heteroatoms. The van der Waals surface area contributed by atoms with Crippen molar-refractivity contribution in [2.24, 2.45) is 0 Å². The van der Waals surface area contributed by atoms with Crippen LogP contribution in [0, 0.1) is 10.1 Å². The number of non-ortho nitro benzene ring substituents is 1. The molecule has 0 saturated heterocycles. The lowest BCUT2D eigenvalue weighted by atomic mass is 9.87. The molecule has 1 aliphatic rings. The fourth-order valence-corrected chi connectivity index (χ4v) is 3.35. The van der Waals surface area contributed by atoms with Crippen molar-refractivity contribution in [3.05, 3.63) is 69.3 Å². The lowest BCUT2D eigenvalue weighted by Gasteiger charge is -2.27. The molecule has 0 aromatic heterocycles. The highest BCUT2D eigenvalue weighted by atomic mass is 16.6. The summed E-state index contributed by atoms with van der Waals surface area (Å²) in [5.41, 5.74) is 3.29. The first kappa shape index (κ1) is 17.0. The molecule has 0 radical (unpaired) electrons. The van der Waals surface area contributed by atoms with E-state index in [1.807, 2.05) is 32.3 Å². The monoisotopic (exact) mass is 339 g/mol. The third kappa shape index (κ3) is 3.47. The summed E-state index contributed by atoms with van der Waals surface area (Å²) >= 11 is 0. The second-order valence-corrected chi connectivity index (χ2v) is 6.47. The molecule has 0 heterocycles. The van der Waals surface area contributed by atoms with Crippen molar-refractivity contribution in [2.45, 2.75) is 25.3 Å².